The number of nitrogens with zero attached hydrogens (tertiary/aromatic N) is 2. The van der Waals surface area contributed by atoms with Crippen molar-refractivity contribution in [1.82, 2.24) is 9.55 Å². The molecule has 0 amide bonds. The third kappa shape index (κ3) is 2.16. The van der Waals surface area contributed by atoms with E-state index in [4.69, 9.17) is 5.73 Å². The summed E-state index contributed by atoms with van der Waals surface area (Å²) in [7, 11) is 0. The van der Waals surface area contributed by atoms with Crippen molar-refractivity contribution in [2.45, 2.75) is 26.0 Å². The third-order valence-corrected chi connectivity index (χ3v) is 2.71. The Bertz CT molecular complexity index is 524. The smallest absolute Gasteiger partial charge is 0.140 e. The van der Waals surface area contributed by atoms with Crippen LogP contribution in [0.4, 0.5) is 4.39 Å². The van der Waals surface area contributed by atoms with Crippen molar-refractivity contribution in [1.29, 1.82) is 0 Å². The van der Waals surface area contributed by atoms with E-state index in [2.05, 4.69) is 4.98 Å². The molecule has 92 valence electrons. The first kappa shape index (κ1) is 12.0. The number of aryl methyl sites for hydroxylation is 1. The molecule has 0 aliphatic carbocycles. The fourth-order valence-electron chi connectivity index (χ4n) is 1.93. The van der Waals surface area contributed by atoms with Crippen LogP contribution in [0.5, 0.6) is 0 Å². The van der Waals surface area contributed by atoms with Gasteiger partial charge < -0.3 is 15.4 Å². The summed E-state index contributed by atoms with van der Waals surface area (Å²) in [5.41, 5.74) is 6.83. The maximum Gasteiger partial charge on any atom is 0.140 e. The van der Waals surface area contributed by atoms with E-state index in [-0.39, 0.29) is 12.4 Å². The molecule has 17 heavy (non-hydrogen) atoms. The number of rotatable bonds is 4. The first-order valence-electron chi connectivity index (χ1n) is 5.71. The van der Waals surface area contributed by atoms with Crippen molar-refractivity contribution in [3.8, 4) is 0 Å². The maximum atomic E-state index is 13.2. The summed E-state index contributed by atoms with van der Waals surface area (Å²) >= 11 is 0. The van der Waals surface area contributed by atoms with Gasteiger partial charge in [0.1, 0.15) is 17.7 Å². The van der Waals surface area contributed by atoms with E-state index in [1.807, 2.05) is 11.5 Å². The Morgan fingerprint density at radius 2 is 2.29 bits per heavy atom. The minimum absolute atomic E-state index is 0.107. The fraction of sp³-hybridized carbons (Fsp3) is 0.417. The summed E-state index contributed by atoms with van der Waals surface area (Å²) in [6, 6.07) is 4.42. The number of nitrogens with two attached hydrogens (primary N) is 1. The van der Waals surface area contributed by atoms with E-state index in [0.717, 1.165) is 6.42 Å². The van der Waals surface area contributed by atoms with Gasteiger partial charge in [-0.2, -0.15) is 0 Å². The van der Waals surface area contributed by atoms with Gasteiger partial charge in [0.2, 0.25) is 0 Å². The highest BCUT2D eigenvalue weighted by atomic mass is 19.1. The average molecular weight is 237 g/mol. The molecule has 1 heterocycles. The largest absolute Gasteiger partial charge is 0.384 e. The Hall–Kier alpha value is -1.46. The number of aliphatic hydroxyl groups excluding tert-OH is 1. The van der Waals surface area contributed by atoms with Crippen LogP contribution < -0.4 is 5.73 Å². The monoisotopic (exact) mass is 237 g/mol. The molecule has 4 nitrogen and oxygen atoms in total. The van der Waals surface area contributed by atoms with Crippen molar-refractivity contribution in [2.75, 3.05) is 6.54 Å². The van der Waals surface area contributed by atoms with Crippen molar-refractivity contribution < 1.29 is 9.50 Å². The van der Waals surface area contributed by atoms with Crippen LogP contribution in [0.1, 0.15) is 25.3 Å². The molecule has 1 atom stereocenters. The van der Waals surface area contributed by atoms with Gasteiger partial charge in [0.25, 0.3) is 0 Å². The molecule has 0 bridgehead atoms. The lowest BCUT2D eigenvalue weighted by molar-refractivity contribution is 0.172. The van der Waals surface area contributed by atoms with E-state index in [9.17, 15) is 9.50 Å². The Balaban J connectivity index is 2.62. The van der Waals surface area contributed by atoms with Gasteiger partial charge in [0.05, 0.1) is 11.0 Å². The SMILES string of the molecule is CCCn1c(C(O)CN)nc2ccc(F)cc21. The van der Waals surface area contributed by atoms with Gasteiger partial charge in [0.15, 0.2) is 0 Å². The summed E-state index contributed by atoms with van der Waals surface area (Å²) in [5.74, 6) is 0.207. The van der Waals surface area contributed by atoms with Gasteiger partial charge in [-0.25, -0.2) is 9.37 Å². The Morgan fingerprint density at radius 3 is 2.94 bits per heavy atom. The predicted molar refractivity (Wildman–Crippen MR) is 64.0 cm³/mol. The van der Waals surface area contributed by atoms with Gasteiger partial charge >= 0.3 is 0 Å². The quantitative estimate of drug-likeness (QED) is 0.848. The van der Waals surface area contributed by atoms with Crippen LogP contribution in [0, 0.1) is 5.82 Å². The average Bonchev–Trinajstić information content (AvgIpc) is 2.67. The summed E-state index contributed by atoms with van der Waals surface area (Å²) < 4.78 is 15.1. The molecule has 0 saturated carbocycles. The van der Waals surface area contributed by atoms with Gasteiger partial charge in [-0.05, 0) is 24.6 Å². The van der Waals surface area contributed by atoms with E-state index in [1.165, 1.54) is 12.1 Å². The molecule has 0 aliphatic rings. The van der Waals surface area contributed by atoms with Crippen molar-refractivity contribution in [3.05, 3.63) is 29.8 Å². The van der Waals surface area contributed by atoms with Crippen molar-refractivity contribution in [3.63, 3.8) is 0 Å². The van der Waals surface area contributed by atoms with Crippen LogP contribution in [-0.4, -0.2) is 21.2 Å². The molecule has 0 spiro atoms. The van der Waals surface area contributed by atoms with E-state index in [0.29, 0.717) is 23.4 Å². The minimum Gasteiger partial charge on any atom is -0.384 e. The molecule has 2 rings (SSSR count). The van der Waals surface area contributed by atoms with Gasteiger partial charge in [-0.1, -0.05) is 6.92 Å². The molecule has 0 radical (unpaired) electrons. The zero-order valence-corrected chi connectivity index (χ0v) is 9.73. The predicted octanol–water partition coefficient (Wildman–Crippen LogP) is 1.58. The Labute approximate surface area is 98.9 Å². The second kappa shape index (κ2) is 4.81. The molecule has 0 saturated heterocycles. The highest BCUT2D eigenvalue weighted by Crippen LogP contribution is 2.21. The molecule has 5 heteroatoms. The lowest BCUT2D eigenvalue weighted by Crippen LogP contribution is -2.17. The zero-order valence-electron chi connectivity index (χ0n) is 9.73. The number of halogens is 1. The Kier molecular flexibility index (Phi) is 3.40. The highest BCUT2D eigenvalue weighted by Gasteiger charge is 2.16. The molecular formula is C12H16FN3O. The lowest BCUT2D eigenvalue weighted by atomic mass is 10.3. The van der Waals surface area contributed by atoms with Crippen molar-refractivity contribution >= 4 is 11.0 Å². The zero-order chi connectivity index (χ0) is 12.4. The van der Waals surface area contributed by atoms with E-state index < -0.39 is 6.10 Å². The van der Waals surface area contributed by atoms with E-state index in [1.54, 1.807) is 6.07 Å². The molecule has 2 aromatic rings. The van der Waals surface area contributed by atoms with Crippen LogP contribution >= 0.6 is 0 Å². The molecule has 1 aromatic carbocycles. The van der Waals surface area contributed by atoms with Gasteiger partial charge in [-0.3, -0.25) is 0 Å². The molecule has 1 aromatic heterocycles. The maximum absolute atomic E-state index is 13.2. The number of aromatic nitrogens is 2. The number of hydrogen-bond donors (Lipinski definition) is 2. The standard InChI is InChI=1S/C12H16FN3O/c1-2-5-16-10-6-8(13)3-4-9(10)15-12(16)11(17)7-14/h3-4,6,11,17H,2,5,7,14H2,1H3. The normalized spacial score (nSPS) is 13.2. The van der Waals surface area contributed by atoms with Gasteiger partial charge in [0, 0.05) is 13.1 Å². The second-order valence-electron chi connectivity index (χ2n) is 4.01. The van der Waals surface area contributed by atoms with Crippen LogP contribution in [0.2, 0.25) is 0 Å². The van der Waals surface area contributed by atoms with Crippen LogP contribution in [0.3, 0.4) is 0 Å². The van der Waals surface area contributed by atoms with Crippen LogP contribution in [0.15, 0.2) is 18.2 Å². The molecular weight excluding hydrogens is 221 g/mol. The second-order valence-corrected chi connectivity index (χ2v) is 4.01. The topological polar surface area (TPSA) is 64.1 Å². The first-order valence-corrected chi connectivity index (χ1v) is 5.71. The summed E-state index contributed by atoms with van der Waals surface area (Å²) in [6.07, 6.45) is 0.0729. The molecule has 3 N–H and O–H groups in total. The fourth-order valence-corrected chi connectivity index (χ4v) is 1.93. The van der Waals surface area contributed by atoms with Crippen LogP contribution in [-0.2, 0) is 6.54 Å². The van der Waals surface area contributed by atoms with Crippen LogP contribution in [0.25, 0.3) is 11.0 Å². The third-order valence-electron chi connectivity index (χ3n) is 2.71. The van der Waals surface area contributed by atoms with Crippen molar-refractivity contribution in [2.24, 2.45) is 5.73 Å². The molecule has 1 unspecified atom stereocenters. The summed E-state index contributed by atoms with van der Waals surface area (Å²) in [5, 5.41) is 9.80. The lowest BCUT2D eigenvalue weighted by Gasteiger charge is -2.11. The number of aliphatic hydroxyl groups is 1. The molecule has 0 fully saturated rings. The number of imidazole rings is 1. The van der Waals surface area contributed by atoms with E-state index >= 15 is 0 Å². The minimum atomic E-state index is -0.808. The number of fused-ring (bicyclic) bond motifs is 1. The number of benzene rings is 1. The first-order chi connectivity index (χ1) is 8.17. The summed E-state index contributed by atoms with van der Waals surface area (Å²) in [4.78, 5) is 4.31. The highest BCUT2D eigenvalue weighted by molar-refractivity contribution is 5.76. The summed E-state index contributed by atoms with van der Waals surface area (Å²) in [6.45, 7) is 2.81. The molecule has 0 aliphatic heterocycles. The Morgan fingerprint density at radius 1 is 1.53 bits per heavy atom. The number of hydrogen-bond acceptors (Lipinski definition) is 3. The van der Waals surface area contributed by atoms with Gasteiger partial charge in [-0.15, -0.1) is 0 Å².